The van der Waals surface area contributed by atoms with E-state index in [0.717, 1.165) is 5.69 Å². The molecule has 0 unspecified atom stereocenters. The molecule has 0 saturated carbocycles. The number of ether oxygens (including phenoxy) is 1. The van der Waals surface area contributed by atoms with Crippen molar-refractivity contribution in [2.24, 2.45) is 0 Å². The number of halogens is 1. The molecule has 0 saturated heterocycles. The van der Waals surface area contributed by atoms with Gasteiger partial charge in [-0.2, -0.15) is 0 Å². The lowest BCUT2D eigenvalue weighted by Crippen LogP contribution is -2.16. The van der Waals surface area contributed by atoms with Crippen LogP contribution in [-0.2, 0) is 15.7 Å². The number of rotatable bonds is 7. The van der Waals surface area contributed by atoms with E-state index >= 15 is 0 Å². The number of aromatic nitrogens is 1. The van der Waals surface area contributed by atoms with Crippen molar-refractivity contribution in [3.63, 3.8) is 0 Å². The van der Waals surface area contributed by atoms with Gasteiger partial charge in [-0.05, 0) is 18.6 Å². The second-order valence-electron chi connectivity index (χ2n) is 3.62. The second kappa shape index (κ2) is 6.81. The summed E-state index contributed by atoms with van der Waals surface area (Å²) in [6, 6.07) is 3.49. The highest BCUT2D eigenvalue weighted by Crippen LogP contribution is 2.10. The van der Waals surface area contributed by atoms with Crippen LogP contribution in [0.3, 0.4) is 0 Å². The molecular formula is C11H16ClNO3S. The fourth-order valence-corrected chi connectivity index (χ4v) is 2.60. The number of pyridine rings is 1. The van der Waals surface area contributed by atoms with E-state index in [-0.39, 0.29) is 18.1 Å². The average molecular weight is 278 g/mol. The molecule has 0 N–H and O–H groups in total. The molecule has 0 aliphatic heterocycles. The summed E-state index contributed by atoms with van der Waals surface area (Å²) in [6.45, 7) is 2.00. The molecule has 0 aromatic carbocycles. The molecule has 0 atom stereocenters. The third-order valence-corrected chi connectivity index (χ3v) is 4.21. The molecule has 17 heavy (non-hydrogen) atoms. The summed E-state index contributed by atoms with van der Waals surface area (Å²) in [5.74, 6) is 1.16. The van der Waals surface area contributed by atoms with Crippen LogP contribution in [-0.4, -0.2) is 31.5 Å². The maximum atomic E-state index is 11.4. The van der Waals surface area contributed by atoms with Gasteiger partial charge in [-0.15, -0.1) is 11.6 Å². The highest BCUT2D eigenvalue weighted by atomic mass is 35.5. The monoisotopic (exact) mass is 277 g/mol. The largest absolute Gasteiger partial charge is 0.491 e. The zero-order valence-corrected chi connectivity index (χ0v) is 11.3. The Kier molecular flexibility index (Phi) is 5.71. The van der Waals surface area contributed by atoms with E-state index in [1.165, 1.54) is 0 Å². The van der Waals surface area contributed by atoms with Gasteiger partial charge in [0.05, 0.1) is 29.3 Å². The van der Waals surface area contributed by atoms with Gasteiger partial charge in [0.25, 0.3) is 0 Å². The van der Waals surface area contributed by atoms with Gasteiger partial charge in [0, 0.05) is 0 Å². The molecule has 0 aliphatic carbocycles. The van der Waals surface area contributed by atoms with Gasteiger partial charge in [0.2, 0.25) is 0 Å². The summed E-state index contributed by atoms with van der Waals surface area (Å²) >= 11 is 5.60. The van der Waals surface area contributed by atoms with Crippen LogP contribution in [0.5, 0.6) is 5.75 Å². The Morgan fingerprint density at radius 1 is 1.35 bits per heavy atom. The van der Waals surface area contributed by atoms with Crippen molar-refractivity contribution in [2.75, 3.05) is 18.1 Å². The molecule has 0 aliphatic rings. The molecule has 1 aromatic heterocycles. The minimum atomic E-state index is -2.98. The summed E-state index contributed by atoms with van der Waals surface area (Å²) in [5.41, 5.74) is 0.762. The Morgan fingerprint density at radius 3 is 2.65 bits per heavy atom. The SMILES string of the molecule is CCCS(=O)(=O)CCOc1ccc(CCl)nc1. The maximum absolute atomic E-state index is 11.4. The van der Waals surface area contributed by atoms with Gasteiger partial charge in [-0.3, -0.25) is 4.98 Å². The molecule has 1 rings (SSSR count). The normalized spacial score (nSPS) is 11.4. The third-order valence-electron chi connectivity index (χ3n) is 2.11. The highest BCUT2D eigenvalue weighted by Gasteiger charge is 2.09. The van der Waals surface area contributed by atoms with E-state index in [0.29, 0.717) is 18.1 Å². The Morgan fingerprint density at radius 2 is 2.12 bits per heavy atom. The van der Waals surface area contributed by atoms with Crippen molar-refractivity contribution in [1.29, 1.82) is 0 Å². The van der Waals surface area contributed by atoms with E-state index < -0.39 is 9.84 Å². The lowest BCUT2D eigenvalue weighted by atomic mass is 10.4. The van der Waals surface area contributed by atoms with Crippen LogP contribution in [0.1, 0.15) is 19.0 Å². The Labute approximate surface area is 107 Å². The van der Waals surface area contributed by atoms with Gasteiger partial charge in [-0.1, -0.05) is 6.92 Å². The van der Waals surface area contributed by atoms with Crippen LogP contribution in [0.15, 0.2) is 18.3 Å². The van der Waals surface area contributed by atoms with E-state index in [4.69, 9.17) is 16.3 Å². The van der Waals surface area contributed by atoms with E-state index in [9.17, 15) is 8.42 Å². The maximum Gasteiger partial charge on any atom is 0.153 e. The predicted molar refractivity (Wildman–Crippen MR) is 68.2 cm³/mol. The van der Waals surface area contributed by atoms with Crippen LogP contribution in [0.4, 0.5) is 0 Å². The second-order valence-corrected chi connectivity index (χ2v) is 6.19. The number of alkyl halides is 1. The van der Waals surface area contributed by atoms with E-state index in [1.807, 2.05) is 6.92 Å². The van der Waals surface area contributed by atoms with Crippen LogP contribution in [0, 0.1) is 0 Å². The average Bonchev–Trinajstić information content (AvgIpc) is 2.29. The summed E-state index contributed by atoms with van der Waals surface area (Å²) in [4.78, 5) is 4.04. The lowest BCUT2D eigenvalue weighted by Gasteiger charge is -2.06. The van der Waals surface area contributed by atoms with Gasteiger partial charge >= 0.3 is 0 Å². The van der Waals surface area contributed by atoms with E-state index in [2.05, 4.69) is 4.98 Å². The minimum absolute atomic E-state index is 0.0398. The number of hydrogen-bond donors (Lipinski definition) is 0. The summed E-state index contributed by atoms with van der Waals surface area (Å²) < 4.78 is 28.1. The molecule has 0 bridgehead atoms. The topological polar surface area (TPSA) is 56.3 Å². The van der Waals surface area contributed by atoms with Crippen molar-refractivity contribution in [2.45, 2.75) is 19.2 Å². The number of nitrogens with zero attached hydrogens (tertiary/aromatic N) is 1. The minimum Gasteiger partial charge on any atom is -0.491 e. The number of hydrogen-bond acceptors (Lipinski definition) is 4. The number of sulfone groups is 1. The first-order valence-electron chi connectivity index (χ1n) is 5.41. The molecule has 1 heterocycles. The first kappa shape index (κ1) is 14.3. The highest BCUT2D eigenvalue weighted by molar-refractivity contribution is 7.91. The Balaban J connectivity index is 2.40. The fraction of sp³-hybridized carbons (Fsp3) is 0.545. The first-order chi connectivity index (χ1) is 8.07. The molecule has 6 heteroatoms. The van der Waals surface area contributed by atoms with Crippen molar-refractivity contribution < 1.29 is 13.2 Å². The predicted octanol–water partition coefficient (Wildman–Crippen LogP) is 2.02. The molecule has 0 fully saturated rings. The molecule has 1 aromatic rings. The molecule has 96 valence electrons. The zero-order valence-electron chi connectivity index (χ0n) is 9.73. The molecule has 4 nitrogen and oxygen atoms in total. The van der Waals surface area contributed by atoms with Crippen molar-refractivity contribution >= 4 is 21.4 Å². The molecular weight excluding hydrogens is 262 g/mol. The smallest absolute Gasteiger partial charge is 0.153 e. The van der Waals surface area contributed by atoms with Crippen LogP contribution in [0.2, 0.25) is 0 Å². The van der Waals surface area contributed by atoms with Crippen LogP contribution >= 0.6 is 11.6 Å². The molecule has 0 amide bonds. The van der Waals surface area contributed by atoms with Gasteiger partial charge in [-0.25, -0.2) is 8.42 Å². The van der Waals surface area contributed by atoms with Crippen molar-refractivity contribution in [3.05, 3.63) is 24.0 Å². The van der Waals surface area contributed by atoms with Gasteiger partial charge < -0.3 is 4.74 Å². The van der Waals surface area contributed by atoms with Crippen LogP contribution < -0.4 is 4.74 Å². The summed E-state index contributed by atoms with van der Waals surface area (Å²) in [5, 5.41) is 0. The lowest BCUT2D eigenvalue weighted by molar-refractivity contribution is 0.339. The third kappa shape index (κ3) is 5.37. The van der Waals surface area contributed by atoms with Crippen LogP contribution in [0.25, 0.3) is 0 Å². The van der Waals surface area contributed by atoms with E-state index in [1.54, 1.807) is 18.3 Å². The Hall–Kier alpha value is -0.810. The zero-order chi connectivity index (χ0) is 12.7. The quantitative estimate of drug-likeness (QED) is 0.716. The fourth-order valence-electron chi connectivity index (χ4n) is 1.27. The van der Waals surface area contributed by atoms with Crippen molar-refractivity contribution in [1.82, 2.24) is 4.98 Å². The first-order valence-corrected chi connectivity index (χ1v) is 7.77. The summed E-state index contributed by atoms with van der Waals surface area (Å²) in [6.07, 6.45) is 2.18. The molecule has 0 radical (unpaired) electrons. The molecule has 0 spiro atoms. The van der Waals surface area contributed by atoms with Gasteiger partial charge in [0.15, 0.2) is 9.84 Å². The van der Waals surface area contributed by atoms with Gasteiger partial charge in [0.1, 0.15) is 12.4 Å². The standard InChI is InChI=1S/C11H16ClNO3S/c1-2-6-17(14,15)7-5-16-11-4-3-10(8-12)13-9-11/h3-4,9H,2,5-8H2,1H3. The van der Waals surface area contributed by atoms with Crippen molar-refractivity contribution in [3.8, 4) is 5.75 Å². The Bertz CT molecular complexity index is 431. The summed E-state index contributed by atoms with van der Waals surface area (Å²) in [7, 11) is -2.98.